The maximum Gasteiger partial charge on any atom is 0.319 e. The first-order valence-electron chi connectivity index (χ1n) is 11.2. The summed E-state index contributed by atoms with van der Waals surface area (Å²) in [5.74, 6) is 0.493. The van der Waals surface area contributed by atoms with E-state index in [4.69, 9.17) is 5.10 Å². The largest absolute Gasteiger partial charge is 0.346 e. The third-order valence-corrected chi connectivity index (χ3v) is 6.58. The number of hydrogen-bond acceptors (Lipinski definition) is 4. The standard InChI is InChI=1S/C22H30N6O2/c1-2-9-23-22(30)24-15-3-6-17-19(12-15)28(16-4-5-16)26-20(17)21(29)25-18-13-27-10-7-14(18)8-11-27/h3,6,12,14,16,18H,2,4-5,7-11,13H2,1H3,(H,25,29)(H2,23,24,30)/t18-/m1/s1. The lowest BCUT2D eigenvalue weighted by molar-refractivity contribution is 0.0618. The number of rotatable bonds is 6. The van der Waals surface area contributed by atoms with Crippen LogP contribution in [0.25, 0.3) is 10.9 Å². The van der Waals surface area contributed by atoms with Crippen LogP contribution in [0.4, 0.5) is 10.5 Å². The van der Waals surface area contributed by atoms with Crippen molar-refractivity contribution in [3.63, 3.8) is 0 Å². The van der Waals surface area contributed by atoms with Crippen molar-refractivity contribution in [3.05, 3.63) is 23.9 Å². The fraction of sp³-hybridized carbons (Fsp3) is 0.591. The molecule has 3 amide bonds. The minimum Gasteiger partial charge on any atom is -0.346 e. The molecule has 2 bridgehead atoms. The van der Waals surface area contributed by atoms with Gasteiger partial charge in [0.15, 0.2) is 5.69 Å². The SMILES string of the molecule is CCCNC(=O)Nc1ccc2c(C(=O)N[C@@H]3CN4CCC3CC4)nn(C3CC3)c2c1. The molecular formula is C22H30N6O2. The smallest absolute Gasteiger partial charge is 0.319 e. The molecule has 4 aliphatic rings. The Morgan fingerprint density at radius 2 is 1.97 bits per heavy atom. The zero-order chi connectivity index (χ0) is 20.7. The second kappa shape index (κ2) is 7.91. The van der Waals surface area contributed by atoms with Crippen LogP contribution < -0.4 is 16.0 Å². The molecule has 8 heteroatoms. The average molecular weight is 411 g/mol. The highest BCUT2D eigenvalue weighted by molar-refractivity contribution is 6.06. The van der Waals surface area contributed by atoms with Gasteiger partial charge >= 0.3 is 6.03 Å². The molecule has 30 heavy (non-hydrogen) atoms. The normalized spacial score (nSPS) is 25.3. The Balaban J connectivity index is 1.38. The molecule has 3 N–H and O–H groups in total. The molecule has 1 atom stereocenters. The minimum atomic E-state index is -0.214. The molecule has 1 aromatic carbocycles. The number of hydrogen-bond donors (Lipinski definition) is 3. The summed E-state index contributed by atoms with van der Waals surface area (Å²) >= 11 is 0. The molecule has 3 saturated heterocycles. The van der Waals surface area contributed by atoms with Gasteiger partial charge in [0, 0.05) is 30.2 Å². The summed E-state index contributed by atoms with van der Waals surface area (Å²) < 4.78 is 1.97. The number of carbonyl (C=O) groups is 2. The van der Waals surface area contributed by atoms with E-state index in [0.29, 0.717) is 29.9 Å². The lowest BCUT2D eigenvalue weighted by Gasteiger charge is -2.44. The first-order chi connectivity index (χ1) is 14.6. The van der Waals surface area contributed by atoms with Crippen LogP contribution in [-0.2, 0) is 0 Å². The Morgan fingerprint density at radius 3 is 2.63 bits per heavy atom. The molecule has 0 unspecified atom stereocenters. The van der Waals surface area contributed by atoms with Gasteiger partial charge in [0.25, 0.3) is 5.91 Å². The second-order valence-corrected chi connectivity index (χ2v) is 8.86. The van der Waals surface area contributed by atoms with Gasteiger partial charge in [-0.2, -0.15) is 5.10 Å². The number of urea groups is 1. The highest BCUT2D eigenvalue weighted by atomic mass is 16.2. The molecule has 0 radical (unpaired) electrons. The summed E-state index contributed by atoms with van der Waals surface area (Å²) in [6, 6.07) is 6.02. The number of fused-ring (bicyclic) bond motifs is 4. The zero-order valence-electron chi connectivity index (χ0n) is 17.5. The topological polar surface area (TPSA) is 91.3 Å². The summed E-state index contributed by atoms with van der Waals surface area (Å²) in [4.78, 5) is 27.6. The van der Waals surface area contributed by atoms with Crippen LogP contribution in [0.1, 0.15) is 55.6 Å². The average Bonchev–Trinajstić information content (AvgIpc) is 3.53. The Bertz CT molecular complexity index is 958. The van der Waals surface area contributed by atoms with E-state index in [2.05, 4.69) is 20.9 Å². The van der Waals surface area contributed by atoms with Gasteiger partial charge in [0.2, 0.25) is 0 Å². The molecule has 4 fully saturated rings. The molecule has 160 valence electrons. The maximum atomic E-state index is 13.2. The first-order valence-corrected chi connectivity index (χ1v) is 11.2. The Labute approximate surface area is 176 Å². The van der Waals surface area contributed by atoms with E-state index in [1.165, 1.54) is 0 Å². The highest BCUT2D eigenvalue weighted by Gasteiger charge is 2.36. The van der Waals surface area contributed by atoms with Gasteiger partial charge in [-0.05, 0) is 69.3 Å². The molecule has 0 spiro atoms. The highest BCUT2D eigenvalue weighted by Crippen LogP contribution is 2.38. The van der Waals surface area contributed by atoms with Crippen molar-refractivity contribution in [2.45, 2.75) is 51.1 Å². The van der Waals surface area contributed by atoms with Crippen molar-refractivity contribution in [2.24, 2.45) is 5.92 Å². The number of nitrogens with one attached hydrogen (secondary N) is 3. The van der Waals surface area contributed by atoms with Gasteiger partial charge in [0.1, 0.15) is 0 Å². The first kappa shape index (κ1) is 19.4. The number of amides is 3. The summed E-state index contributed by atoms with van der Waals surface area (Å²) in [7, 11) is 0. The Kier molecular flexibility index (Phi) is 5.10. The van der Waals surface area contributed by atoms with Crippen LogP contribution in [0.5, 0.6) is 0 Å². The fourth-order valence-electron chi connectivity index (χ4n) is 4.76. The molecule has 4 heterocycles. The van der Waals surface area contributed by atoms with Crippen LogP contribution in [-0.4, -0.2) is 58.8 Å². The van der Waals surface area contributed by atoms with Gasteiger partial charge in [-0.3, -0.25) is 9.48 Å². The molecule has 6 rings (SSSR count). The van der Waals surface area contributed by atoms with E-state index in [1.54, 1.807) is 0 Å². The van der Waals surface area contributed by atoms with Gasteiger partial charge in [0.05, 0.1) is 11.6 Å². The van der Waals surface area contributed by atoms with Crippen LogP contribution in [0.3, 0.4) is 0 Å². The Hall–Kier alpha value is -2.61. The summed E-state index contributed by atoms with van der Waals surface area (Å²) in [5.41, 5.74) is 2.11. The van der Waals surface area contributed by atoms with Crippen molar-refractivity contribution in [3.8, 4) is 0 Å². The quantitative estimate of drug-likeness (QED) is 0.683. The number of benzene rings is 1. The second-order valence-electron chi connectivity index (χ2n) is 8.86. The van der Waals surface area contributed by atoms with Crippen LogP contribution in [0.2, 0.25) is 0 Å². The van der Waals surface area contributed by atoms with E-state index < -0.39 is 0 Å². The molecule has 2 aromatic rings. The molecule has 1 aromatic heterocycles. The summed E-state index contributed by atoms with van der Waals surface area (Å²) in [5, 5.41) is 14.5. The predicted molar refractivity (Wildman–Crippen MR) is 116 cm³/mol. The number of carbonyl (C=O) groups excluding carboxylic acids is 2. The minimum absolute atomic E-state index is 0.0838. The number of aromatic nitrogens is 2. The maximum absolute atomic E-state index is 13.2. The molecule has 8 nitrogen and oxygen atoms in total. The van der Waals surface area contributed by atoms with E-state index in [1.807, 2.05) is 29.8 Å². The Morgan fingerprint density at radius 1 is 1.17 bits per heavy atom. The fourth-order valence-corrected chi connectivity index (χ4v) is 4.76. The van der Waals surface area contributed by atoms with Gasteiger partial charge in [-0.15, -0.1) is 0 Å². The van der Waals surface area contributed by atoms with Crippen LogP contribution in [0, 0.1) is 5.92 Å². The number of piperidine rings is 3. The van der Waals surface area contributed by atoms with E-state index in [9.17, 15) is 9.59 Å². The van der Waals surface area contributed by atoms with E-state index in [-0.39, 0.29) is 18.0 Å². The molecule has 3 aliphatic heterocycles. The van der Waals surface area contributed by atoms with E-state index in [0.717, 1.165) is 62.6 Å². The van der Waals surface area contributed by atoms with Crippen molar-refractivity contribution >= 4 is 28.5 Å². The van der Waals surface area contributed by atoms with Crippen molar-refractivity contribution in [1.82, 2.24) is 25.3 Å². The summed E-state index contributed by atoms with van der Waals surface area (Å²) in [6.45, 7) is 5.90. The molecule has 1 aliphatic carbocycles. The van der Waals surface area contributed by atoms with Crippen LogP contribution in [0.15, 0.2) is 18.2 Å². The third-order valence-electron chi connectivity index (χ3n) is 6.58. The molecular weight excluding hydrogens is 380 g/mol. The number of anilines is 1. The van der Waals surface area contributed by atoms with Gasteiger partial charge in [-0.1, -0.05) is 6.92 Å². The summed E-state index contributed by atoms with van der Waals surface area (Å²) in [6.07, 6.45) is 5.37. The predicted octanol–water partition coefficient (Wildman–Crippen LogP) is 2.73. The van der Waals surface area contributed by atoms with Crippen molar-refractivity contribution < 1.29 is 9.59 Å². The van der Waals surface area contributed by atoms with Gasteiger partial charge in [-0.25, -0.2) is 4.79 Å². The zero-order valence-corrected chi connectivity index (χ0v) is 17.5. The van der Waals surface area contributed by atoms with E-state index >= 15 is 0 Å². The van der Waals surface area contributed by atoms with Crippen molar-refractivity contribution in [2.75, 3.05) is 31.5 Å². The van der Waals surface area contributed by atoms with Crippen LogP contribution >= 0.6 is 0 Å². The number of nitrogens with zero attached hydrogens (tertiary/aromatic N) is 3. The monoisotopic (exact) mass is 410 g/mol. The third kappa shape index (κ3) is 3.76. The van der Waals surface area contributed by atoms with Crippen molar-refractivity contribution in [1.29, 1.82) is 0 Å². The van der Waals surface area contributed by atoms with Gasteiger partial charge < -0.3 is 20.9 Å². The lowest BCUT2D eigenvalue weighted by Crippen LogP contribution is -2.57. The molecule has 1 saturated carbocycles. The lowest BCUT2D eigenvalue weighted by atomic mass is 9.84.